The minimum absolute atomic E-state index is 0.114. The molecule has 0 N–H and O–H groups in total. The minimum atomic E-state index is -0.206. The monoisotopic (exact) mass is 320 g/mol. The maximum atomic E-state index is 12.4. The fourth-order valence-electron chi connectivity index (χ4n) is 2.78. The number of hydrogen-bond donors (Lipinski definition) is 0. The van der Waals surface area contributed by atoms with Gasteiger partial charge in [0, 0.05) is 10.7 Å². The van der Waals surface area contributed by atoms with E-state index in [4.69, 9.17) is 0 Å². The predicted octanol–water partition coefficient (Wildman–Crippen LogP) is 2.61. The van der Waals surface area contributed by atoms with E-state index < -0.39 is 0 Å². The first-order valence-corrected chi connectivity index (χ1v) is 7.04. The smallest absolute Gasteiger partial charge is 0.239 e. The highest BCUT2D eigenvalue weighted by Crippen LogP contribution is 2.38. The van der Waals surface area contributed by atoms with Gasteiger partial charge < -0.3 is 0 Å². The summed E-state index contributed by atoms with van der Waals surface area (Å²) in [6.07, 6.45) is 6.89. The van der Waals surface area contributed by atoms with Crippen LogP contribution in [0.5, 0.6) is 0 Å². The van der Waals surface area contributed by atoms with Crippen molar-refractivity contribution in [1.82, 2.24) is 4.98 Å². The molecule has 0 saturated carbocycles. The Kier molecular flexibility index (Phi) is 3.01. The van der Waals surface area contributed by atoms with Crippen molar-refractivity contribution >= 4 is 33.6 Å². The van der Waals surface area contributed by atoms with Crippen LogP contribution >= 0.6 is 15.9 Å². The molecule has 2 amide bonds. The molecule has 1 aliphatic heterocycles. The van der Waals surface area contributed by atoms with E-state index in [1.165, 1.54) is 4.90 Å². The van der Waals surface area contributed by atoms with Gasteiger partial charge in [-0.2, -0.15) is 0 Å². The third kappa shape index (κ3) is 1.92. The molecule has 1 aromatic heterocycles. The number of anilines is 1. The number of nitrogens with zero attached hydrogens (tertiary/aromatic N) is 2. The lowest BCUT2D eigenvalue weighted by atomic mass is 9.85. The molecule has 0 spiro atoms. The second kappa shape index (κ2) is 4.56. The van der Waals surface area contributed by atoms with Crippen LogP contribution in [0.25, 0.3) is 0 Å². The van der Waals surface area contributed by atoms with Crippen LogP contribution in [0.4, 0.5) is 5.82 Å². The van der Waals surface area contributed by atoms with E-state index >= 15 is 0 Å². The van der Waals surface area contributed by atoms with E-state index in [0.29, 0.717) is 18.7 Å². The Morgan fingerprint density at radius 1 is 1.21 bits per heavy atom. The van der Waals surface area contributed by atoms with Crippen LogP contribution in [-0.4, -0.2) is 16.8 Å². The number of pyridine rings is 1. The van der Waals surface area contributed by atoms with Crippen molar-refractivity contribution in [3.63, 3.8) is 0 Å². The molecule has 2 atom stereocenters. The molecule has 1 fully saturated rings. The van der Waals surface area contributed by atoms with Crippen LogP contribution in [0.15, 0.2) is 28.9 Å². The van der Waals surface area contributed by atoms with Crippen LogP contribution in [-0.2, 0) is 9.59 Å². The zero-order chi connectivity index (χ0) is 13.6. The van der Waals surface area contributed by atoms with Crippen LogP contribution < -0.4 is 4.90 Å². The maximum Gasteiger partial charge on any atom is 0.239 e. The van der Waals surface area contributed by atoms with E-state index in [-0.39, 0.29) is 23.7 Å². The van der Waals surface area contributed by atoms with Crippen LogP contribution in [0.3, 0.4) is 0 Å². The number of halogens is 1. The quantitative estimate of drug-likeness (QED) is 0.590. The summed E-state index contributed by atoms with van der Waals surface area (Å²) >= 11 is 3.34. The van der Waals surface area contributed by atoms with Gasteiger partial charge in [0.1, 0.15) is 5.82 Å². The van der Waals surface area contributed by atoms with Gasteiger partial charge in [0.15, 0.2) is 0 Å². The molecule has 1 saturated heterocycles. The maximum absolute atomic E-state index is 12.4. The van der Waals surface area contributed by atoms with Gasteiger partial charge in [0.25, 0.3) is 0 Å². The average molecular weight is 321 g/mol. The van der Waals surface area contributed by atoms with E-state index in [1.807, 2.05) is 25.1 Å². The number of hydrogen-bond acceptors (Lipinski definition) is 3. The average Bonchev–Trinajstić information content (AvgIpc) is 2.64. The molecule has 98 valence electrons. The Hall–Kier alpha value is -1.49. The van der Waals surface area contributed by atoms with Crippen LogP contribution in [0.1, 0.15) is 18.4 Å². The Labute approximate surface area is 119 Å². The minimum Gasteiger partial charge on any atom is -0.274 e. The third-order valence-corrected chi connectivity index (χ3v) is 4.17. The summed E-state index contributed by atoms with van der Waals surface area (Å²) in [5, 5.41) is 0. The normalized spacial score (nSPS) is 25.9. The molecular formula is C14H13BrN2O2. The Bertz CT molecular complexity index is 571. The third-order valence-electron chi connectivity index (χ3n) is 3.74. The SMILES string of the molecule is Cc1cc(Br)cnc1N1C(=O)C2CC=CCC2C1=O. The summed E-state index contributed by atoms with van der Waals surface area (Å²) < 4.78 is 0.840. The summed E-state index contributed by atoms with van der Waals surface area (Å²) in [6, 6.07) is 1.86. The molecule has 0 radical (unpaired) electrons. The number of aryl methyl sites for hydroxylation is 1. The molecule has 0 aromatic carbocycles. The second-order valence-corrected chi connectivity index (χ2v) is 5.88. The summed E-state index contributed by atoms with van der Waals surface area (Å²) in [5.74, 6) is -0.174. The van der Waals surface area contributed by atoms with E-state index in [0.717, 1.165) is 10.0 Å². The first-order chi connectivity index (χ1) is 9.09. The molecule has 19 heavy (non-hydrogen) atoms. The van der Waals surface area contributed by atoms with Crippen molar-refractivity contribution in [2.75, 3.05) is 4.90 Å². The highest BCUT2D eigenvalue weighted by atomic mass is 79.9. The fraction of sp³-hybridized carbons (Fsp3) is 0.357. The van der Waals surface area contributed by atoms with Gasteiger partial charge in [-0.25, -0.2) is 9.88 Å². The molecule has 4 nitrogen and oxygen atoms in total. The van der Waals surface area contributed by atoms with Gasteiger partial charge in [-0.3, -0.25) is 9.59 Å². The summed E-state index contributed by atoms with van der Waals surface area (Å²) in [5.41, 5.74) is 0.822. The van der Waals surface area contributed by atoms with Crippen LogP contribution in [0, 0.1) is 18.8 Å². The number of carbonyl (C=O) groups excluding carboxylic acids is 2. The van der Waals surface area contributed by atoms with Crippen molar-refractivity contribution in [2.24, 2.45) is 11.8 Å². The fourth-order valence-corrected chi connectivity index (χ4v) is 3.22. The number of imide groups is 1. The Morgan fingerprint density at radius 3 is 2.32 bits per heavy atom. The van der Waals surface area contributed by atoms with Crippen molar-refractivity contribution < 1.29 is 9.59 Å². The van der Waals surface area contributed by atoms with Gasteiger partial charge >= 0.3 is 0 Å². The molecule has 1 aromatic rings. The number of fused-ring (bicyclic) bond motifs is 1. The first kappa shape index (κ1) is 12.5. The Morgan fingerprint density at radius 2 is 1.79 bits per heavy atom. The molecular weight excluding hydrogens is 308 g/mol. The van der Waals surface area contributed by atoms with Crippen molar-refractivity contribution in [3.8, 4) is 0 Å². The van der Waals surface area contributed by atoms with Gasteiger partial charge in [0.05, 0.1) is 11.8 Å². The number of amides is 2. The number of allylic oxidation sites excluding steroid dienone is 2. The molecule has 2 aliphatic rings. The summed E-state index contributed by atoms with van der Waals surface area (Å²) in [7, 11) is 0. The number of aromatic nitrogens is 1. The van der Waals surface area contributed by atoms with E-state index in [9.17, 15) is 9.59 Å². The van der Waals surface area contributed by atoms with Crippen molar-refractivity contribution in [3.05, 3.63) is 34.5 Å². The number of rotatable bonds is 1. The Balaban J connectivity index is 2.02. The van der Waals surface area contributed by atoms with Gasteiger partial charge in [-0.1, -0.05) is 12.2 Å². The molecule has 2 unspecified atom stereocenters. The summed E-state index contributed by atoms with van der Waals surface area (Å²) in [4.78, 5) is 30.3. The molecule has 5 heteroatoms. The molecule has 1 aliphatic carbocycles. The number of carbonyl (C=O) groups is 2. The molecule has 0 bridgehead atoms. The van der Waals surface area contributed by atoms with Gasteiger partial charge in [0.2, 0.25) is 11.8 Å². The zero-order valence-corrected chi connectivity index (χ0v) is 12.1. The van der Waals surface area contributed by atoms with Crippen molar-refractivity contribution in [1.29, 1.82) is 0 Å². The largest absolute Gasteiger partial charge is 0.274 e. The van der Waals surface area contributed by atoms with E-state index in [2.05, 4.69) is 20.9 Å². The lowest BCUT2D eigenvalue weighted by molar-refractivity contribution is -0.122. The van der Waals surface area contributed by atoms with Crippen LogP contribution in [0.2, 0.25) is 0 Å². The lowest BCUT2D eigenvalue weighted by Crippen LogP contribution is -2.32. The predicted molar refractivity (Wildman–Crippen MR) is 74.5 cm³/mol. The molecule has 2 heterocycles. The van der Waals surface area contributed by atoms with Crippen molar-refractivity contribution in [2.45, 2.75) is 19.8 Å². The summed E-state index contributed by atoms with van der Waals surface area (Å²) in [6.45, 7) is 1.86. The standard InChI is InChI=1S/C14H13BrN2O2/c1-8-6-9(15)7-16-12(8)17-13(18)10-4-2-3-5-11(10)14(17)19/h2-3,6-7,10-11H,4-5H2,1H3. The highest BCUT2D eigenvalue weighted by molar-refractivity contribution is 9.10. The highest BCUT2D eigenvalue weighted by Gasteiger charge is 2.48. The first-order valence-electron chi connectivity index (χ1n) is 6.24. The molecule has 3 rings (SSSR count). The second-order valence-electron chi connectivity index (χ2n) is 4.96. The van der Waals surface area contributed by atoms with Gasteiger partial charge in [-0.05, 0) is 47.3 Å². The zero-order valence-electron chi connectivity index (χ0n) is 10.5. The van der Waals surface area contributed by atoms with E-state index in [1.54, 1.807) is 6.20 Å². The lowest BCUT2D eigenvalue weighted by Gasteiger charge is -2.16. The van der Waals surface area contributed by atoms with Gasteiger partial charge in [-0.15, -0.1) is 0 Å². The topological polar surface area (TPSA) is 50.3 Å².